The van der Waals surface area contributed by atoms with Gasteiger partial charge in [-0.3, -0.25) is 14.5 Å². The van der Waals surface area contributed by atoms with E-state index in [1.807, 2.05) is 39.8 Å². The largest absolute Gasteiger partial charge is 0.325 e. The second-order valence-electron chi connectivity index (χ2n) is 7.27. The summed E-state index contributed by atoms with van der Waals surface area (Å²) in [5.74, 6) is -0.695. The zero-order valence-electron chi connectivity index (χ0n) is 16.4. The van der Waals surface area contributed by atoms with Gasteiger partial charge in [0.05, 0.1) is 6.54 Å². The topological polar surface area (TPSA) is 66.5 Å². The van der Waals surface area contributed by atoms with Crippen LogP contribution in [-0.2, 0) is 10.3 Å². The van der Waals surface area contributed by atoms with Crippen molar-refractivity contribution in [1.29, 1.82) is 0 Å². The number of halogens is 1. The number of rotatable bonds is 5. The molecule has 1 fully saturated rings. The molecule has 1 aliphatic rings. The highest BCUT2D eigenvalue weighted by atomic mass is 35.5. The SMILES string of the molecule is CC[C@@]1(c2cccc(Cl)c2)NC(=O)N(CC(=O)c2cc(C)c(C)cc2C)C1=O. The van der Waals surface area contributed by atoms with Gasteiger partial charge in [0.1, 0.15) is 5.54 Å². The molecule has 6 heteroatoms. The Morgan fingerprint density at radius 3 is 2.39 bits per heavy atom. The zero-order valence-corrected chi connectivity index (χ0v) is 17.2. The lowest BCUT2D eigenvalue weighted by Crippen LogP contribution is -2.43. The van der Waals surface area contributed by atoms with Crippen molar-refractivity contribution < 1.29 is 14.4 Å². The van der Waals surface area contributed by atoms with E-state index in [1.54, 1.807) is 24.3 Å². The number of aryl methyl sites for hydroxylation is 3. The van der Waals surface area contributed by atoms with Crippen molar-refractivity contribution in [2.75, 3.05) is 6.54 Å². The Labute approximate surface area is 169 Å². The van der Waals surface area contributed by atoms with E-state index < -0.39 is 17.5 Å². The van der Waals surface area contributed by atoms with Gasteiger partial charge in [-0.25, -0.2) is 4.79 Å². The second kappa shape index (κ2) is 7.40. The van der Waals surface area contributed by atoms with E-state index in [0.717, 1.165) is 21.6 Å². The van der Waals surface area contributed by atoms with Gasteiger partial charge >= 0.3 is 6.03 Å². The van der Waals surface area contributed by atoms with Gasteiger partial charge in [0, 0.05) is 10.6 Å². The average molecular weight is 399 g/mol. The highest BCUT2D eigenvalue weighted by Crippen LogP contribution is 2.33. The van der Waals surface area contributed by atoms with Gasteiger partial charge in [0.15, 0.2) is 5.78 Å². The minimum absolute atomic E-state index is 0.262. The molecule has 2 aromatic rings. The van der Waals surface area contributed by atoms with Crippen molar-refractivity contribution in [3.05, 3.63) is 69.2 Å². The third kappa shape index (κ3) is 3.31. The summed E-state index contributed by atoms with van der Waals surface area (Å²) in [5.41, 5.74) is 2.85. The maximum atomic E-state index is 13.2. The summed E-state index contributed by atoms with van der Waals surface area (Å²) in [6, 6.07) is 10.1. The van der Waals surface area contributed by atoms with Crippen molar-refractivity contribution in [3.8, 4) is 0 Å². The summed E-state index contributed by atoms with van der Waals surface area (Å²) in [4.78, 5) is 39.7. The Bertz CT molecular complexity index is 986. The van der Waals surface area contributed by atoms with Gasteiger partial charge in [-0.2, -0.15) is 0 Å². The number of hydrogen-bond donors (Lipinski definition) is 1. The molecule has 3 amide bonds. The van der Waals surface area contributed by atoms with Gasteiger partial charge in [0.2, 0.25) is 0 Å². The van der Waals surface area contributed by atoms with Crippen LogP contribution in [0.3, 0.4) is 0 Å². The molecule has 3 rings (SSSR count). The third-order valence-electron chi connectivity index (χ3n) is 5.47. The maximum absolute atomic E-state index is 13.2. The van der Waals surface area contributed by atoms with Crippen LogP contribution < -0.4 is 5.32 Å². The normalized spacial score (nSPS) is 19.1. The summed E-state index contributed by atoms with van der Waals surface area (Å²) in [7, 11) is 0. The number of ketones is 1. The molecule has 1 atom stereocenters. The quantitative estimate of drug-likeness (QED) is 0.603. The highest BCUT2D eigenvalue weighted by molar-refractivity contribution is 6.30. The zero-order chi connectivity index (χ0) is 20.6. The Morgan fingerprint density at radius 2 is 1.75 bits per heavy atom. The Kier molecular flexibility index (Phi) is 5.31. The molecule has 0 saturated carbocycles. The first-order chi connectivity index (χ1) is 13.2. The summed E-state index contributed by atoms with van der Waals surface area (Å²) in [5, 5.41) is 3.26. The molecule has 146 valence electrons. The molecule has 5 nitrogen and oxygen atoms in total. The molecule has 1 heterocycles. The Hall–Kier alpha value is -2.66. The lowest BCUT2D eigenvalue weighted by atomic mass is 9.87. The smallest absolute Gasteiger partial charge is 0.319 e. The molecule has 0 aromatic heterocycles. The first kappa shape index (κ1) is 20.1. The van der Waals surface area contributed by atoms with Crippen LogP contribution in [0.4, 0.5) is 4.79 Å². The minimum atomic E-state index is -1.21. The fourth-order valence-corrected chi connectivity index (χ4v) is 3.84. The van der Waals surface area contributed by atoms with Crippen molar-refractivity contribution >= 4 is 29.3 Å². The number of nitrogens with one attached hydrogen (secondary N) is 1. The van der Waals surface area contributed by atoms with Crippen molar-refractivity contribution in [2.24, 2.45) is 0 Å². The lowest BCUT2D eigenvalue weighted by molar-refractivity contribution is -0.131. The molecule has 0 radical (unpaired) electrons. The summed E-state index contributed by atoms with van der Waals surface area (Å²) in [6.07, 6.45) is 0.352. The van der Waals surface area contributed by atoms with Crippen LogP contribution in [0.15, 0.2) is 36.4 Å². The van der Waals surface area contributed by atoms with Crippen LogP contribution in [0.5, 0.6) is 0 Å². The number of carbonyl (C=O) groups excluding carboxylic acids is 3. The van der Waals surface area contributed by atoms with Gasteiger partial charge in [-0.15, -0.1) is 0 Å². The monoisotopic (exact) mass is 398 g/mol. The van der Waals surface area contributed by atoms with Crippen LogP contribution in [0.1, 0.15) is 46.0 Å². The molecule has 1 aliphatic heterocycles. The summed E-state index contributed by atoms with van der Waals surface area (Å²) in [6.45, 7) is 7.29. The molecule has 0 unspecified atom stereocenters. The molecule has 28 heavy (non-hydrogen) atoms. The van der Waals surface area contributed by atoms with E-state index in [0.29, 0.717) is 22.6 Å². The number of nitrogens with zero attached hydrogens (tertiary/aromatic N) is 1. The van der Waals surface area contributed by atoms with Crippen LogP contribution in [-0.4, -0.2) is 29.2 Å². The number of imide groups is 1. The van der Waals surface area contributed by atoms with Gasteiger partial charge in [0.25, 0.3) is 5.91 Å². The molecule has 0 bridgehead atoms. The molecule has 0 aliphatic carbocycles. The predicted molar refractivity (Wildman–Crippen MR) is 109 cm³/mol. The van der Waals surface area contributed by atoms with Gasteiger partial charge < -0.3 is 5.32 Å². The molecule has 1 N–H and O–H groups in total. The summed E-state index contributed by atoms with van der Waals surface area (Å²) >= 11 is 6.08. The maximum Gasteiger partial charge on any atom is 0.325 e. The third-order valence-corrected chi connectivity index (χ3v) is 5.70. The highest BCUT2D eigenvalue weighted by Gasteiger charge is 2.51. The molecular weight excluding hydrogens is 376 g/mol. The number of Topliss-reactive ketones (excluding diaryl/α,β-unsaturated/α-hetero) is 1. The number of amides is 3. The first-order valence-electron chi connectivity index (χ1n) is 9.21. The van der Waals surface area contributed by atoms with E-state index in [2.05, 4.69) is 5.32 Å². The average Bonchev–Trinajstić information content (AvgIpc) is 2.89. The molecular formula is C22H23ClN2O3. The van der Waals surface area contributed by atoms with E-state index in [4.69, 9.17) is 11.6 Å². The van der Waals surface area contributed by atoms with E-state index in [-0.39, 0.29) is 12.3 Å². The minimum Gasteiger partial charge on any atom is -0.319 e. The van der Waals surface area contributed by atoms with E-state index in [1.165, 1.54) is 0 Å². The number of carbonyl (C=O) groups is 3. The number of benzene rings is 2. The van der Waals surface area contributed by atoms with Crippen molar-refractivity contribution in [2.45, 2.75) is 39.7 Å². The van der Waals surface area contributed by atoms with Crippen LogP contribution in [0, 0.1) is 20.8 Å². The molecule has 0 spiro atoms. The second-order valence-corrected chi connectivity index (χ2v) is 7.70. The first-order valence-corrected chi connectivity index (χ1v) is 9.58. The van der Waals surface area contributed by atoms with Gasteiger partial charge in [-0.05, 0) is 67.6 Å². The fourth-order valence-electron chi connectivity index (χ4n) is 3.65. The Balaban J connectivity index is 1.92. The van der Waals surface area contributed by atoms with Gasteiger partial charge in [-0.1, -0.05) is 36.7 Å². The van der Waals surface area contributed by atoms with E-state index in [9.17, 15) is 14.4 Å². The molecule has 1 saturated heterocycles. The van der Waals surface area contributed by atoms with Crippen LogP contribution in [0.2, 0.25) is 5.02 Å². The van der Waals surface area contributed by atoms with Crippen molar-refractivity contribution in [1.82, 2.24) is 10.2 Å². The fraction of sp³-hybridized carbons (Fsp3) is 0.318. The van der Waals surface area contributed by atoms with Crippen LogP contribution >= 0.6 is 11.6 Å². The summed E-state index contributed by atoms with van der Waals surface area (Å²) < 4.78 is 0. The van der Waals surface area contributed by atoms with E-state index >= 15 is 0 Å². The van der Waals surface area contributed by atoms with Crippen molar-refractivity contribution in [3.63, 3.8) is 0 Å². The number of urea groups is 1. The molecule has 2 aromatic carbocycles. The van der Waals surface area contributed by atoms with Crippen LogP contribution in [0.25, 0.3) is 0 Å². The number of hydrogen-bond acceptors (Lipinski definition) is 3. The standard InChI is InChI=1S/C22H23ClN2O3/c1-5-22(16-7-6-8-17(23)11-16)20(27)25(21(28)24-22)12-19(26)18-10-14(3)13(2)9-15(18)4/h6-11H,5,12H2,1-4H3,(H,24,28)/t22-/m0/s1. The predicted octanol–water partition coefficient (Wildman–Crippen LogP) is 4.31. The lowest BCUT2D eigenvalue weighted by Gasteiger charge is -2.26. The Morgan fingerprint density at radius 1 is 1.07 bits per heavy atom.